The summed E-state index contributed by atoms with van der Waals surface area (Å²) in [5.74, 6) is 0.601. The van der Waals surface area contributed by atoms with Crippen molar-refractivity contribution in [3.63, 3.8) is 0 Å². The number of methoxy groups -OCH3 is 1. The number of fused-ring (bicyclic) bond motifs is 1. The van der Waals surface area contributed by atoms with E-state index in [2.05, 4.69) is 54.5 Å². The molecule has 4 rings (SSSR count). The minimum absolute atomic E-state index is 0.209. The van der Waals surface area contributed by atoms with Crippen molar-refractivity contribution < 1.29 is 18.7 Å². The van der Waals surface area contributed by atoms with Crippen molar-refractivity contribution in [2.24, 2.45) is 4.99 Å². The first-order valence-corrected chi connectivity index (χ1v) is 14.3. The zero-order valence-corrected chi connectivity index (χ0v) is 25.2. The number of carbonyl (C=O) groups excluding carboxylic acids is 1. The summed E-state index contributed by atoms with van der Waals surface area (Å²) in [5, 5.41) is 0. The van der Waals surface area contributed by atoms with E-state index in [-0.39, 0.29) is 12.2 Å². The van der Waals surface area contributed by atoms with Gasteiger partial charge in [-0.25, -0.2) is 9.79 Å². The molecule has 7 nitrogen and oxygen atoms in total. The van der Waals surface area contributed by atoms with Gasteiger partial charge in [0.15, 0.2) is 8.57 Å². The maximum atomic E-state index is 13.8. The van der Waals surface area contributed by atoms with Gasteiger partial charge < -0.3 is 13.9 Å². The van der Waals surface area contributed by atoms with Gasteiger partial charge in [-0.05, 0) is 53.5 Å². The Balaban J connectivity index is 2.05. The third kappa shape index (κ3) is 5.23. The van der Waals surface area contributed by atoms with E-state index in [1.165, 1.54) is 11.3 Å². The Labute approximate surface area is 235 Å². The molecule has 2 aromatic heterocycles. The summed E-state index contributed by atoms with van der Waals surface area (Å²) in [6, 6.07) is 6.57. The van der Waals surface area contributed by atoms with Crippen LogP contribution in [-0.4, -0.2) is 24.3 Å². The summed E-state index contributed by atoms with van der Waals surface area (Å²) >= 11 is 10.3. The molecular formula is C24H21Br2IN2O5S. The zero-order valence-electron chi connectivity index (χ0n) is 19.1. The summed E-state index contributed by atoms with van der Waals surface area (Å²) < 4.78 is 21.1. The highest BCUT2D eigenvalue weighted by atomic mass is 127. The highest BCUT2D eigenvalue weighted by Gasteiger charge is 2.36. The maximum absolute atomic E-state index is 13.8. The van der Waals surface area contributed by atoms with Crippen LogP contribution < -0.4 is 19.6 Å². The number of esters is 1. The lowest BCUT2D eigenvalue weighted by Gasteiger charge is -2.27. The van der Waals surface area contributed by atoms with E-state index in [9.17, 15) is 9.59 Å². The normalized spacial score (nSPS) is 15.7. The number of halogens is 3. The van der Waals surface area contributed by atoms with E-state index in [1.54, 1.807) is 36.8 Å². The van der Waals surface area contributed by atoms with E-state index in [0.717, 1.165) is 15.4 Å². The lowest BCUT2D eigenvalue weighted by atomic mass is 9.93. The summed E-state index contributed by atoms with van der Waals surface area (Å²) in [4.78, 5) is 32.3. The van der Waals surface area contributed by atoms with E-state index >= 15 is 0 Å². The number of thiazole rings is 1. The Kier molecular flexibility index (Phi) is 8.39. The first kappa shape index (κ1) is 26.4. The van der Waals surface area contributed by atoms with E-state index in [0.29, 0.717) is 47.9 Å². The van der Waals surface area contributed by atoms with Crippen LogP contribution in [0.4, 0.5) is 0 Å². The van der Waals surface area contributed by atoms with Crippen LogP contribution in [0, 0.1) is 3.77 Å². The second kappa shape index (κ2) is 11.1. The average Bonchev–Trinajstić information content (AvgIpc) is 3.30. The molecule has 0 saturated heterocycles. The minimum Gasteiger partial charge on any atom is -0.496 e. The van der Waals surface area contributed by atoms with Crippen molar-refractivity contribution in [3.8, 4) is 5.75 Å². The number of carbonyl (C=O) groups is 1. The molecule has 0 fully saturated rings. The Hall–Kier alpha value is -1.70. The quantitative estimate of drug-likeness (QED) is 0.243. The number of hydrogen-bond acceptors (Lipinski definition) is 7. The second-order valence-corrected chi connectivity index (χ2v) is 11.3. The van der Waals surface area contributed by atoms with Gasteiger partial charge in [0.25, 0.3) is 5.56 Å². The molecule has 0 saturated carbocycles. The highest BCUT2D eigenvalue weighted by Crippen LogP contribution is 2.38. The van der Waals surface area contributed by atoms with Crippen molar-refractivity contribution in [2.75, 3.05) is 13.7 Å². The molecule has 0 N–H and O–H groups in total. The summed E-state index contributed by atoms with van der Waals surface area (Å²) in [7, 11) is 1.56. The standard InChI is InChI=1S/C24H21Br2IN2O5S/c1-4-6-16-19(23(31)33-5-2)20(14-9-12(25)7-8-17(14)32-3)29-22(30)18(35-24(29)28-16)11-13-10-15(26)21(27)34-13/h7-11,20H,4-6H2,1-3H3/b18-11+/t20-/m1/s1. The molecule has 0 spiro atoms. The fourth-order valence-electron chi connectivity index (χ4n) is 3.90. The number of aromatic nitrogens is 1. The molecule has 35 heavy (non-hydrogen) atoms. The molecule has 0 bridgehead atoms. The smallest absolute Gasteiger partial charge is 0.338 e. The van der Waals surface area contributed by atoms with Crippen LogP contribution >= 0.6 is 65.8 Å². The molecule has 1 aliphatic rings. The van der Waals surface area contributed by atoms with Gasteiger partial charge in [-0.1, -0.05) is 40.6 Å². The Morgan fingerprint density at radius 1 is 1.31 bits per heavy atom. The number of rotatable bonds is 7. The summed E-state index contributed by atoms with van der Waals surface area (Å²) in [5.41, 5.74) is 1.34. The van der Waals surface area contributed by atoms with Gasteiger partial charge in [0.2, 0.25) is 0 Å². The zero-order chi connectivity index (χ0) is 25.3. The van der Waals surface area contributed by atoms with Crippen molar-refractivity contribution >= 4 is 77.8 Å². The SMILES string of the molecule is CCCC1=C(C(=O)OCC)[C@@H](c2cc(Br)ccc2OC)n2c(s/c(=C/c3cc(Br)c(I)o3)c2=O)=N1. The van der Waals surface area contributed by atoms with Crippen LogP contribution in [0.15, 0.2) is 58.7 Å². The molecule has 1 aliphatic heterocycles. The van der Waals surface area contributed by atoms with Gasteiger partial charge in [-0.3, -0.25) is 9.36 Å². The first-order valence-electron chi connectivity index (χ1n) is 10.8. The molecule has 11 heteroatoms. The van der Waals surface area contributed by atoms with Crippen molar-refractivity contribution in [1.82, 2.24) is 4.57 Å². The lowest BCUT2D eigenvalue weighted by Crippen LogP contribution is -2.40. The van der Waals surface area contributed by atoms with Gasteiger partial charge in [-0.15, -0.1) is 0 Å². The third-order valence-corrected chi connectivity index (χ3v) is 8.92. The summed E-state index contributed by atoms with van der Waals surface area (Å²) in [6.45, 7) is 3.98. The Morgan fingerprint density at radius 3 is 2.71 bits per heavy atom. The average molecular weight is 736 g/mol. The summed E-state index contributed by atoms with van der Waals surface area (Å²) in [6.07, 6.45) is 3.03. The van der Waals surface area contributed by atoms with E-state index in [1.807, 2.05) is 19.1 Å². The minimum atomic E-state index is -0.759. The Bertz CT molecular complexity index is 1490. The van der Waals surface area contributed by atoms with Gasteiger partial charge in [0.05, 0.1) is 34.0 Å². The fourth-order valence-corrected chi connectivity index (χ4v) is 5.99. The van der Waals surface area contributed by atoms with Crippen molar-refractivity contribution in [3.05, 3.63) is 79.3 Å². The molecule has 3 aromatic rings. The van der Waals surface area contributed by atoms with Gasteiger partial charge in [0, 0.05) is 38.7 Å². The molecule has 0 unspecified atom stereocenters. The van der Waals surface area contributed by atoms with Crippen LogP contribution in [0.5, 0.6) is 5.75 Å². The number of ether oxygens (including phenoxy) is 2. The third-order valence-electron chi connectivity index (χ3n) is 5.32. The maximum Gasteiger partial charge on any atom is 0.338 e. The van der Waals surface area contributed by atoms with Gasteiger partial charge >= 0.3 is 5.97 Å². The highest BCUT2D eigenvalue weighted by molar-refractivity contribution is 14.1. The van der Waals surface area contributed by atoms with Crippen LogP contribution in [-0.2, 0) is 9.53 Å². The Morgan fingerprint density at radius 2 is 2.09 bits per heavy atom. The largest absolute Gasteiger partial charge is 0.496 e. The lowest BCUT2D eigenvalue weighted by molar-refractivity contribution is -0.139. The molecular weight excluding hydrogens is 715 g/mol. The number of allylic oxidation sites excluding steroid dienone is 1. The topological polar surface area (TPSA) is 83.0 Å². The molecule has 0 aliphatic carbocycles. The molecule has 3 heterocycles. The van der Waals surface area contributed by atoms with Gasteiger partial charge in [-0.2, -0.15) is 0 Å². The molecule has 1 atom stereocenters. The number of benzene rings is 1. The van der Waals surface area contributed by atoms with Crippen LogP contribution in [0.3, 0.4) is 0 Å². The molecule has 1 aromatic carbocycles. The molecule has 184 valence electrons. The number of furan rings is 1. The van der Waals surface area contributed by atoms with E-state index < -0.39 is 12.0 Å². The monoisotopic (exact) mass is 734 g/mol. The van der Waals surface area contributed by atoms with Crippen molar-refractivity contribution in [2.45, 2.75) is 32.7 Å². The first-order chi connectivity index (χ1) is 16.8. The van der Waals surface area contributed by atoms with Crippen LogP contribution in [0.1, 0.15) is 44.1 Å². The number of nitrogens with zero attached hydrogens (tertiary/aromatic N) is 2. The predicted octanol–water partition coefficient (Wildman–Crippen LogP) is 5.31. The van der Waals surface area contributed by atoms with Gasteiger partial charge in [0.1, 0.15) is 17.6 Å². The molecule has 0 amide bonds. The van der Waals surface area contributed by atoms with Crippen LogP contribution in [0.25, 0.3) is 6.08 Å². The van der Waals surface area contributed by atoms with Crippen molar-refractivity contribution in [1.29, 1.82) is 0 Å². The van der Waals surface area contributed by atoms with E-state index in [4.69, 9.17) is 18.9 Å². The number of hydrogen-bond donors (Lipinski definition) is 0. The molecule has 0 radical (unpaired) electrons. The van der Waals surface area contributed by atoms with Crippen LogP contribution in [0.2, 0.25) is 0 Å². The fraction of sp³-hybridized carbons (Fsp3) is 0.292. The predicted molar refractivity (Wildman–Crippen MR) is 149 cm³/mol. The second-order valence-electron chi connectivity index (χ2n) is 7.57.